The van der Waals surface area contributed by atoms with Crippen LogP contribution in [0.15, 0.2) is 23.0 Å². The minimum absolute atomic E-state index is 0.236. The summed E-state index contributed by atoms with van der Waals surface area (Å²) in [5, 5.41) is 3.76. The Morgan fingerprint density at radius 3 is 2.92 bits per heavy atom. The maximum absolute atomic E-state index is 11.5. The topological polar surface area (TPSA) is 47.0 Å². The van der Waals surface area contributed by atoms with Crippen molar-refractivity contribution in [3.63, 3.8) is 0 Å². The number of nitrogens with one attached hydrogen (secondary N) is 1. The molecule has 0 fully saturated rings. The molecule has 0 unspecified atom stereocenters. The standard InChI is InChI=1S/C8H7ClN2O2/c1-13-11-8(12)5-3-2-4-6(9)7(5)10-11/h2-4,10H,1H3. The Labute approximate surface area is 78.6 Å². The Balaban J connectivity index is 2.92. The van der Waals surface area contributed by atoms with E-state index in [0.29, 0.717) is 15.9 Å². The van der Waals surface area contributed by atoms with Crippen LogP contribution in [0.1, 0.15) is 0 Å². The van der Waals surface area contributed by atoms with Gasteiger partial charge in [-0.25, -0.2) is 0 Å². The van der Waals surface area contributed by atoms with Crippen LogP contribution in [-0.2, 0) is 0 Å². The third-order valence-electron chi connectivity index (χ3n) is 1.82. The number of H-pyrrole nitrogens is 1. The van der Waals surface area contributed by atoms with E-state index in [-0.39, 0.29) is 5.56 Å². The zero-order valence-corrected chi connectivity index (χ0v) is 7.63. The van der Waals surface area contributed by atoms with E-state index in [1.807, 2.05) is 0 Å². The van der Waals surface area contributed by atoms with Gasteiger partial charge in [0.05, 0.1) is 15.9 Å². The molecular weight excluding hydrogens is 192 g/mol. The molecule has 1 N–H and O–H groups in total. The number of halogens is 1. The molecule has 0 bridgehead atoms. The van der Waals surface area contributed by atoms with Crippen LogP contribution < -0.4 is 10.4 Å². The van der Waals surface area contributed by atoms with Crippen LogP contribution in [0.5, 0.6) is 0 Å². The van der Waals surface area contributed by atoms with Crippen molar-refractivity contribution in [2.75, 3.05) is 7.11 Å². The summed E-state index contributed by atoms with van der Waals surface area (Å²) in [5.74, 6) is 0. The number of aromatic nitrogens is 2. The Hall–Kier alpha value is -1.42. The molecule has 1 heterocycles. The zero-order chi connectivity index (χ0) is 9.42. The maximum Gasteiger partial charge on any atom is 0.310 e. The van der Waals surface area contributed by atoms with Crippen molar-refractivity contribution in [2.24, 2.45) is 0 Å². The lowest BCUT2D eigenvalue weighted by Crippen LogP contribution is -2.21. The highest BCUT2D eigenvalue weighted by Gasteiger charge is 2.07. The lowest BCUT2D eigenvalue weighted by molar-refractivity contribution is 0.128. The molecule has 68 valence electrons. The van der Waals surface area contributed by atoms with Gasteiger partial charge < -0.3 is 4.84 Å². The first-order valence-electron chi connectivity index (χ1n) is 3.68. The maximum atomic E-state index is 11.5. The van der Waals surface area contributed by atoms with Crippen molar-refractivity contribution in [3.05, 3.63) is 33.6 Å². The number of rotatable bonds is 1. The summed E-state index contributed by atoms with van der Waals surface area (Å²) in [6.07, 6.45) is 0. The lowest BCUT2D eigenvalue weighted by Gasteiger charge is -1.94. The molecule has 0 amide bonds. The Morgan fingerprint density at radius 1 is 1.54 bits per heavy atom. The van der Waals surface area contributed by atoms with Crippen molar-refractivity contribution in [3.8, 4) is 0 Å². The summed E-state index contributed by atoms with van der Waals surface area (Å²) in [4.78, 5) is 17.3. The molecule has 0 atom stereocenters. The first kappa shape index (κ1) is 8.19. The van der Waals surface area contributed by atoms with Gasteiger partial charge >= 0.3 is 5.56 Å². The SMILES string of the molecule is COn1[nH]c2c(Cl)cccc2c1=O. The predicted octanol–water partition coefficient (Wildman–Crippen LogP) is 1.04. The van der Waals surface area contributed by atoms with Crippen molar-refractivity contribution < 1.29 is 4.84 Å². The number of para-hydroxylation sites is 1. The van der Waals surface area contributed by atoms with Gasteiger partial charge in [0, 0.05) is 0 Å². The van der Waals surface area contributed by atoms with Crippen LogP contribution in [0.3, 0.4) is 0 Å². The molecule has 0 aliphatic rings. The largest absolute Gasteiger partial charge is 0.398 e. The minimum atomic E-state index is -0.236. The van der Waals surface area contributed by atoms with Gasteiger partial charge in [-0.05, 0) is 12.1 Å². The number of nitrogens with zero attached hydrogens (tertiary/aromatic N) is 1. The second-order valence-electron chi connectivity index (χ2n) is 2.56. The summed E-state index contributed by atoms with van der Waals surface area (Å²) >= 11 is 5.86. The van der Waals surface area contributed by atoms with E-state index < -0.39 is 0 Å². The Bertz CT molecular complexity index is 500. The summed E-state index contributed by atoms with van der Waals surface area (Å²) in [6.45, 7) is 0. The van der Waals surface area contributed by atoms with Gasteiger partial charge in [0.25, 0.3) is 0 Å². The summed E-state index contributed by atoms with van der Waals surface area (Å²) in [5.41, 5.74) is 0.357. The van der Waals surface area contributed by atoms with E-state index in [0.717, 1.165) is 4.85 Å². The van der Waals surface area contributed by atoms with Gasteiger partial charge in [-0.3, -0.25) is 9.89 Å². The molecular formula is C8H7ClN2O2. The average molecular weight is 199 g/mol. The summed E-state index contributed by atoms with van der Waals surface area (Å²) in [6, 6.07) is 5.12. The molecule has 0 aliphatic heterocycles. The average Bonchev–Trinajstić information content (AvgIpc) is 2.45. The van der Waals surface area contributed by atoms with E-state index in [9.17, 15) is 4.79 Å². The Morgan fingerprint density at radius 2 is 2.31 bits per heavy atom. The van der Waals surface area contributed by atoms with Gasteiger partial charge in [0.2, 0.25) is 0 Å². The first-order valence-corrected chi connectivity index (χ1v) is 4.05. The third kappa shape index (κ3) is 1.10. The van der Waals surface area contributed by atoms with Crippen LogP contribution in [0, 0.1) is 0 Å². The number of benzene rings is 1. The fourth-order valence-corrected chi connectivity index (χ4v) is 1.42. The van der Waals surface area contributed by atoms with E-state index >= 15 is 0 Å². The van der Waals surface area contributed by atoms with Crippen molar-refractivity contribution >= 4 is 22.5 Å². The first-order chi connectivity index (χ1) is 6.24. The van der Waals surface area contributed by atoms with Gasteiger partial charge in [-0.1, -0.05) is 22.5 Å². The summed E-state index contributed by atoms with van der Waals surface area (Å²) in [7, 11) is 1.41. The molecule has 2 aromatic rings. The normalized spacial score (nSPS) is 10.6. The second kappa shape index (κ2) is 2.81. The highest BCUT2D eigenvalue weighted by molar-refractivity contribution is 6.34. The number of hydrogen-bond donors (Lipinski definition) is 1. The molecule has 1 aromatic carbocycles. The fourth-order valence-electron chi connectivity index (χ4n) is 1.21. The second-order valence-corrected chi connectivity index (χ2v) is 2.96. The van der Waals surface area contributed by atoms with E-state index in [1.54, 1.807) is 18.2 Å². The minimum Gasteiger partial charge on any atom is -0.398 e. The molecule has 1 aromatic heterocycles. The molecule has 0 spiro atoms. The van der Waals surface area contributed by atoms with Gasteiger partial charge in [0.15, 0.2) is 0 Å². The molecule has 0 saturated carbocycles. The molecule has 0 saturated heterocycles. The molecule has 4 nitrogen and oxygen atoms in total. The van der Waals surface area contributed by atoms with Crippen LogP contribution in [0.25, 0.3) is 10.9 Å². The van der Waals surface area contributed by atoms with E-state index in [1.165, 1.54) is 7.11 Å². The number of fused-ring (bicyclic) bond motifs is 1. The molecule has 0 radical (unpaired) electrons. The highest BCUT2D eigenvalue weighted by atomic mass is 35.5. The highest BCUT2D eigenvalue weighted by Crippen LogP contribution is 2.17. The van der Waals surface area contributed by atoms with Crippen molar-refractivity contribution in [1.82, 2.24) is 9.94 Å². The van der Waals surface area contributed by atoms with Crippen molar-refractivity contribution in [2.45, 2.75) is 0 Å². The Kier molecular flexibility index (Phi) is 1.77. The van der Waals surface area contributed by atoms with Crippen LogP contribution in [0.4, 0.5) is 0 Å². The van der Waals surface area contributed by atoms with Gasteiger partial charge in [0.1, 0.15) is 7.11 Å². The van der Waals surface area contributed by atoms with E-state index in [4.69, 9.17) is 16.4 Å². The van der Waals surface area contributed by atoms with Gasteiger partial charge in [-0.2, -0.15) is 0 Å². The fraction of sp³-hybridized carbons (Fsp3) is 0.125. The van der Waals surface area contributed by atoms with E-state index in [2.05, 4.69) is 5.10 Å². The lowest BCUT2D eigenvalue weighted by atomic mass is 10.2. The predicted molar refractivity (Wildman–Crippen MR) is 50.1 cm³/mol. The molecule has 0 aliphatic carbocycles. The van der Waals surface area contributed by atoms with Crippen LogP contribution >= 0.6 is 11.6 Å². The molecule has 2 rings (SSSR count). The quantitative estimate of drug-likeness (QED) is 0.745. The number of aromatic amines is 1. The number of hydrogen-bond acceptors (Lipinski definition) is 2. The van der Waals surface area contributed by atoms with Crippen LogP contribution in [-0.4, -0.2) is 17.1 Å². The third-order valence-corrected chi connectivity index (χ3v) is 2.14. The zero-order valence-electron chi connectivity index (χ0n) is 6.87. The monoisotopic (exact) mass is 198 g/mol. The molecule has 5 heteroatoms. The van der Waals surface area contributed by atoms with Crippen LogP contribution in [0.2, 0.25) is 5.02 Å². The van der Waals surface area contributed by atoms with Crippen molar-refractivity contribution in [1.29, 1.82) is 0 Å². The summed E-state index contributed by atoms with van der Waals surface area (Å²) < 4.78 is 0. The smallest absolute Gasteiger partial charge is 0.310 e. The van der Waals surface area contributed by atoms with Gasteiger partial charge in [-0.15, -0.1) is 0 Å². The molecule has 13 heavy (non-hydrogen) atoms.